The zero-order valence-electron chi connectivity index (χ0n) is 10.4. The molecule has 0 aromatic heterocycles. The quantitative estimate of drug-likeness (QED) is 0.730. The van der Waals surface area contributed by atoms with Crippen LogP contribution in [-0.4, -0.2) is 41.4 Å². The minimum atomic E-state index is -0.0110. The molecule has 1 N–H and O–H groups in total. The number of hydrogen-bond donors (Lipinski definition) is 1. The van der Waals surface area contributed by atoms with Gasteiger partial charge in [0, 0.05) is 18.8 Å². The van der Waals surface area contributed by atoms with Gasteiger partial charge in [-0.05, 0) is 5.56 Å². The summed E-state index contributed by atoms with van der Waals surface area (Å²) >= 11 is 1.59. The maximum atomic E-state index is 11.9. The molecule has 0 bridgehead atoms. The van der Waals surface area contributed by atoms with E-state index >= 15 is 0 Å². The summed E-state index contributed by atoms with van der Waals surface area (Å²) in [6.45, 7) is 4.46. The van der Waals surface area contributed by atoms with E-state index in [4.69, 9.17) is 5.11 Å². The molecule has 0 aliphatic rings. The zero-order valence-corrected chi connectivity index (χ0v) is 11.2. The van der Waals surface area contributed by atoms with Crippen molar-refractivity contribution in [1.29, 1.82) is 0 Å². The molecule has 1 aromatic rings. The fourth-order valence-electron chi connectivity index (χ4n) is 1.52. The number of carbonyl (C=O) groups excluding carboxylic acids is 1. The highest BCUT2D eigenvalue weighted by atomic mass is 32.2. The lowest BCUT2D eigenvalue weighted by Gasteiger charge is -2.19. The molecular formula is C14H19NO2S. The molecule has 98 valence electrons. The third kappa shape index (κ3) is 5.38. The zero-order chi connectivity index (χ0) is 13.2. The molecule has 0 unspecified atom stereocenters. The van der Waals surface area contributed by atoms with Crippen molar-refractivity contribution < 1.29 is 9.90 Å². The molecule has 0 radical (unpaired) electrons. The summed E-state index contributed by atoms with van der Waals surface area (Å²) in [4.78, 5) is 13.5. The second kappa shape index (κ2) is 8.78. The summed E-state index contributed by atoms with van der Waals surface area (Å²) in [6.07, 6.45) is 1.68. The summed E-state index contributed by atoms with van der Waals surface area (Å²) in [5.41, 5.74) is 1.22. The summed E-state index contributed by atoms with van der Waals surface area (Å²) in [5.74, 6) is 1.31. The third-order valence-corrected chi connectivity index (χ3v) is 3.40. The predicted octanol–water partition coefficient (Wildman–Crippen LogP) is 1.93. The van der Waals surface area contributed by atoms with Crippen molar-refractivity contribution >= 4 is 17.7 Å². The number of amides is 1. The van der Waals surface area contributed by atoms with Crippen molar-refractivity contribution in [2.75, 3.05) is 25.4 Å². The van der Waals surface area contributed by atoms with E-state index in [-0.39, 0.29) is 12.5 Å². The van der Waals surface area contributed by atoms with Crippen LogP contribution in [0.2, 0.25) is 0 Å². The van der Waals surface area contributed by atoms with Crippen LogP contribution in [0, 0.1) is 0 Å². The SMILES string of the molecule is C=CCN(CCO)C(=O)CSCc1ccccc1. The molecule has 0 aliphatic carbocycles. The average Bonchev–Trinajstić information content (AvgIpc) is 2.39. The Hall–Kier alpha value is -1.26. The Kier molecular flexibility index (Phi) is 7.22. The van der Waals surface area contributed by atoms with Gasteiger partial charge in [-0.3, -0.25) is 4.79 Å². The van der Waals surface area contributed by atoms with Crippen LogP contribution in [0.25, 0.3) is 0 Å². The highest BCUT2D eigenvalue weighted by molar-refractivity contribution is 7.99. The molecule has 0 saturated carbocycles. The van der Waals surface area contributed by atoms with Gasteiger partial charge in [0.25, 0.3) is 0 Å². The van der Waals surface area contributed by atoms with Crippen LogP contribution < -0.4 is 0 Å². The van der Waals surface area contributed by atoms with E-state index in [2.05, 4.69) is 6.58 Å². The first-order valence-corrected chi connectivity index (χ1v) is 7.04. The number of thioether (sulfide) groups is 1. The van der Waals surface area contributed by atoms with Gasteiger partial charge in [0.15, 0.2) is 0 Å². The molecular weight excluding hydrogens is 246 g/mol. The lowest BCUT2D eigenvalue weighted by molar-refractivity contribution is -0.128. The fourth-order valence-corrected chi connectivity index (χ4v) is 2.40. The van der Waals surface area contributed by atoms with E-state index in [9.17, 15) is 4.79 Å². The number of aliphatic hydroxyl groups excluding tert-OH is 1. The minimum Gasteiger partial charge on any atom is -0.395 e. The number of aliphatic hydroxyl groups is 1. The second-order valence-corrected chi connectivity index (χ2v) is 4.82. The topological polar surface area (TPSA) is 40.5 Å². The normalized spacial score (nSPS) is 10.1. The van der Waals surface area contributed by atoms with E-state index < -0.39 is 0 Å². The Balaban J connectivity index is 2.33. The smallest absolute Gasteiger partial charge is 0.232 e. The van der Waals surface area contributed by atoms with Crippen molar-refractivity contribution in [3.05, 3.63) is 48.6 Å². The van der Waals surface area contributed by atoms with Gasteiger partial charge < -0.3 is 10.0 Å². The Morgan fingerprint density at radius 2 is 2.11 bits per heavy atom. The van der Waals surface area contributed by atoms with Crippen LogP contribution >= 0.6 is 11.8 Å². The minimum absolute atomic E-state index is 0.0110. The Morgan fingerprint density at radius 3 is 2.72 bits per heavy atom. The average molecular weight is 265 g/mol. The maximum absolute atomic E-state index is 11.9. The van der Waals surface area contributed by atoms with Gasteiger partial charge in [0.05, 0.1) is 12.4 Å². The molecule has 0 heterocycles. The van der Waals surface area contributed by atoms with Crippen LogP contribution in [0.3, 0.4) is 0 Å². The van der Waals surface area contributed by atoms with Crippen LogP contribution in [0.1, 0.15) is 5.56 Å². The standard InChI is InChI=1S/C14H19NO2S/c1-2-8-15(9-10-16)14(17)12-18-11-13-6-4-3-5-7-13/h2-7,16H,1,8-12H2. The van der Waals surface area contributed by atoms with Gasteiger partial charge in [0.1, 0.15) is 0 Å². The molecule has 0 aliphatic heterocycles. The molecule has 4 heteroatoms. The maximum Gasteiger partial charge on any atom is 0.232 e. The van der Waals surface area contributed by atoms with Gasteiger partial charge in [-0.2, -0.15) is 0 Å². The first kappa shape index (κ1) is 14.8. The fraction of sp³-hybridized carbons (Fsp3) is 0.357. The van der Waals surface area contributed by atoms with Gasteiger partial charge >= 0.3 is 0 Å². The lowest BCUT2D eigenvalue weighted by atomic mass is 10.2. The number of benzene rings is 1. The van der Waals surface area contributed by atoms with E-state index in [0.29, 0.717) is 18.8 Å². The van der Waals surface area contributed by atoms with E-state index in [1.807, 2.05) is 30.3 Å². The van der Waals surface area contributed by atoms with Gasteiger partial charge in [-0.15, -0.1) is 18.3 Å². The first-order chi connectivity index (χ1) is 8.77. The highest BCUT2D eigenvalue weighted by Gasteiger charge is 2.11. The molecule has 0 fully saturated rings. The van der Waals surface area contributed by atoms with E-state index in [1.54, 1.807) is 22.7 Å². The molecule has 1 amide bonds. The molecule has 18 heavy (non-hydrogen) atoms. The van der Waals surface area contributed by atoms with Crippen LogP contribution in [-0.2, 0) is 10.5 Å². The van der Waals surface area contributed by atoms with Crippen LogP contribution in [0.5, 0.6) is 0 Å². The second-order valence-electron chi connectivity index (χ2n) is 3.83. The van der Waals surface area contributed by atoms with E-state index in [1.165, 1.54) is 5.56 Å². The summed E-state index contributed by atoms with van der Waals surface area (Å²) in [6, 6.07) is 10.1. The molecule has 3 nitrogen and oxygen atoms in total. The Labute approximate surface area is 113 Å². The van der Waals surface area contributed by atoms with Gasteiger partial charge in [-0.25, -0.2) is 0 Å². The largest absolute Gasteiger partial charge is 0.395 e. The number of rotatable bonds is 8. The first-order valence-electron chi connectivity index (χ1n) is 5.89. The predicted molar refractivity (Wildman–Crippen MR) is 76.5 cm³/mol. The van der Waals surface area contributed by atoms with E-state index in [0.717, 1.165) is 5.75 Å². The molecule has 0 atom stereocenters. The van der Waals surface area contributed by atoms with Gasteiger partial charge in [0.2, 0.25) is 5.91 Å². The van der Waals surface area contributed by atoms with Crippen molar-refractivity contribution in [1.82, 2.24) is 4.90 Å². The molecule has 1 rings (SSSR count). The monoisotopic (exact) mass is 265 g/mol. The third-order valence-electron chi connectivity index (χ3n) is 2.41. The van der Waals surface area contributed by atoms with Crippen LogP contribution in [0.4, 0.5) is 0 Å². The summed E-state index contributed by atoms with van der Waals surface area (Å²) < 4.78 is 0. The molecule has 1 aromatic carbocycles. The van der Waals surface area contributed by atoms with Crippen LogP contribution in [0.15, 0.2) is 43.0 Å². The van der Waals surface area contributed by atoms with Gasteiger partial charge in [-0.1, -0.05) is 36.4 Å². The van der Waals surface area contributed by atoms with Crippen molar-refractivity contribution in [2.24, 2.45) is 0 Å². The number of carbonyl (C=O) groups is 1. The Morgan fingerprint density at radius 1 is 1.39 bits per heavy atom. The summed E-state index contributed by atoms with van der Waals surface area (Å²) in [7, 11) is 0. The number of nitrogens with zero attached hydrogens (tertiary/aromatic N) is 1. The van der Waals surface area contributed by atoms with Crippen molar-refractivity contribution in [3.8, 4) is 0 Å². The lowest BCUT2D eigenvalue weighted by Crippen LogP contribution is -2.35. The number of hydrogen-bond acceptors (Lipinski definition) is 3. The highest BCUT2D eigenvalue weighted by Crippen LogP contribution is 2.12. The molecule has 0 saturated heterocycles. The Bertz CT molecular complexity index is 367. The van der Waals surface area contributed by atoms with Crippen molar-refractivity contribution in [2.45, 2.75) is 5.75 Å². The van der Waals surface area contributed by atoms with Crippen molar-refractivity contribution in [3.63, 3.8) is 0 Å². The molecule has 0 spiro atoms. The summed E-state index contributed by atoms with van der Waals surface area (Å²) in [5, 5.41) is 8.88.